The number of nitrogens with zero attached hydrogens (tertiary/aromatic N) is 2. The monoisotopic (exact) mass is 257 g/mol. The summed E-state index contributed by atoms with van der Waals surface area (Å²) in [6, 6.07) is 5.63. The molecule has 1 aliphatic carbocycles. The van der Waals surface area contributed by atoms with Gasteiger partial charge < -0.3 is 9.84 Å². The SMILES string of the molecule is O=C(NCCc1ccncc1)c1cc(C2CC2)on1. The van der Waals surface area contributed by atoms with Gasteiger partial charge in [-0.2, -0.15) is 0 Å². The van der Waals surface area contributed by atoms with E-state index in [0.717, 1.165) is 30.6 Å². The first-order valence-electron chi connectivity index (χ1n) is 6.46. The normalized spacial score (nSPS) is 14.3. The van der Waals surface area contributed by atoms with E-state index in [-0.39, 0.29) is 5.91 Å². The van der Waals surface area contributed by atoms with Crippen LogP contribution in [-0.2, 0) is 6.42 Å². The van der Waals surface area contributed by atoms with Crippen molar-refractivity contribution in [3.63, 3.8) is 0 Å². The predicted octanol–water partition coefficient (Wildman–Crippen LogP) is 1.92. The van der Waals surface area contributed by atoms with E-state index in [0.29, 0.717) is 18.2 Å². The van der Waals surface area contributed by atoms with Gasteiger partial charge in [-0.25, -0.2) is 0 Å². The highest BCUT2D eigenvalue weighted by atomic mass is 16.5. The Morgan fingerprint density at radius 1 is 1.37 bits per heavy atom. The van der Waals surface area contributed by atoms with Crippen LogP contribution in [-0.4, -0.2) is 22.6 Å². The average Bonchev–Trinajstić information content (AvgIpc) is 3.17. The Bertz CT molecular complexity index is 561. The quantitative estimate of drug-likeness (QED) is 0.888. The van der Waals surface area contributed by atoms with Gasteiger partial charge >= 0.3 is 0 Å². The summed E-state index contributed by atoms with van der Waals surface area (Å²) in [7, 11) is 0. The molecule has 19 heavy (non-hydrogen) atoms. The first-order chi connectivity index (χ1) is 9.33. The zero-order valence-corrected chi connectivity index (χ0v) is 10.5. The summed E-state index contributed by atoms with van der Waals surface area (Å²) in [5.41, 5.74) is 1.52. The molecule has 1 fully saturated rings. The Labute approximate surface area is 111 Å². The van der Waals surface area contributed by atoms with Gasteiger partial charge in [-0.1, -0.05) is 5.16 Å². The fraction of sp³-hybridized carbons (Fsp3) is 0.357. The third-order valence-electron chi connectivity index (χ3n) is 3.19. The molecule has 0 saturated heterocycles. The Hall–Kier alpha value is -2.17. The van der Waals surface area contributed by atoms with Crippen LogP contribution in [0.1, 0.15) is 40.6 Å². The molecule has 2 aromatic heterocycles. The molecule has 2 aromatic rings. The number of rotatable bonds is 5. The van der Waals surface area contributed by atoms with Gasteiger partial charge in [0.15, 0.2) is 5.69 Å². The molecule has 0 atom stereocenters. The third-order valence-corrected chi connectivity index (χ3v) is 3.19. The van der Waals surface area contributed by atoms with Crippen molar-refractivity contribution in [3.8, 4) is 0 Å². The molecule has 0 unspecified atom stereocenters. The highest BCUT2D eigenvalue weighted by molar-refractivity contribution is 5.92. The van der Waals surface area contributed by atoms with E-state index >= 15 is 0 Å². The van der Waals surface area contributed by atoms with E-state index in [4.69, 9.17) is 4.52 Å². The minimum atomic E-state index is -0.176. The summed E-state index contributed by atoms with van der Waals surface area (Å²) in [5.74, 6) is 1.13. The van der Waals surface area contributed by atoms with Crippen LogP contribution in [0.3, 0.4) is 0 Å². The second-order valence-corrected chi connectivity index (χ2v) is 4.75. The largest absolute Gasteiger partial charge is 0.360 e. The lowest BCUT2D eigenvalue weighted by Crippen LogP contribution is -2.25. The van der Waals surface area contributed by atoms with E-state index in [1.807, 2.05) is 12.1 Å². The third kappa shape index (κ3) is 2.99. The molecular weight excluding hydrogens is 242 g/mol. The van der Waals surface area contributed by atoms with Gasteiger partial charge in [0, 0.05) is 30.9 Å². The van der Waals surface area contributed by atoms with Crippen molar-refractivity contribution >= 4 is 5.91 Å². The molecule has 5 nitrogen and oxygen atoms in total. The summed E-state index contributed by atoms with van der Waals surface area (Å²) >= 11 is 0. The molecule has 0 aromatic carbocycles. The molecule has 1 aliphatic rings. The number of nitrogens with one attached hydrogen (secondary N) is 1. The zero-order valence-electron chi connectivity index (χ0n) is 10.5. The maximum absolute atomic E-state index is 11.8. The smallest absolute Gasteiger partial charge is 0.273 e. The Morgan fingerprint density at radius 2 is 2.16 bits per heavy atom. The van der Waals surface area contributed by atoms with Gasteiger partial charge in [-0.15, -0.1) is 0 Å². The second kappa shape index (κ2) is 5.22. The van der Waals surface area contributed by atoms with Gasteiger partial charge in [0.2, 0.25) is 0 Å². The Balaban J connectivity index is 1.50. The van der Waals surface area contributed by atoms with Crippen molar-refractivity contribution in [2.45, 2.75) is 25.2 Å². The van der Waals surface area contributed by atoms with Crippen molar-refractivity contribution in [1.82, 2.24) is 15.5 Å². The molecule has 0 spiro atoms. The van der Waals surface area contributed by atoms with Crippen molar-refractivity contribution in [3.05, 3.63) is 47.6 Å². The van der Waals surface area contributed by atoms with Crippen molar-refractivity contribution in [2.75, 3.05) is 6.54 Å². The topological polar surface area (TPSA) is 68.0 Å². The Morgan fingerprint density at radius 3 is 2.89 bits per heavy atom. The molecule has 0 radical (unpaired) electrons. The molecule has 0 bridgehead atoms. The van der Waals surface area contributed by atoms with E-state index in [2.05, 4.69) is 15.5 Å². The van der Waals surface area contributed by atoms with Crippen LogP contribution in [0.5, 0.6) is 0 Å². The maximum Gasteiger partial charge on any atom is 0.273 e. The van der Waals surface area contributed by atoms with Crippen LogP contribution >= 0.6 is 0 Å². The molecular formula is C14H15N3O2. The number of carbonyl (C=O) groups is 1. The molecule has 5 heteroatoms. The first kappa shape index (κ1) is 11.9. The summed E-state index contributed by atoms with van der Waals surface area (Å²) in [6.45, 7) is 0.578. The number of amides is 1. The van der Waals surface area contributed by atoms with Crippen LogP contribution < -0.4 is 5.32 Å². The lowest BCUT2D eigenvalue weighted by molar-refractivity contribution is 0.0945. The highest BCUT2D eigenvalue weighted by Crippen LogP contribution is 2.40. The van der Waals surface area contributed by atoms with E-state index in [9.17, 15) is 4.79 Å². The summed E-state index contributed by atoms with van der Waals surface area (Å²) in [6.07, 6.45) is 6.55. The fourth-order valence-electron chi connectivity index (χ4n) is 1.92. The van der Waals surface area contributed by atoms with Crippen molar-refractivity contribution < 1.29 is 9.32 Å². The van der Waals surface area contributed by atoms with E-state index in [1.54, 1.807) is 18.5 Å². The molecule has 98 valence electrons. The van der Waals surface area contributed by atoms with Gasteiger partial charge in [0.05, 0.1) is 0 Å². The van der Waals surface area contributed by atoms with E-state index < -0.39 is 0 Å². The van der Waals surface area contributed by atoms with Crippen LogP contribution in [0.25, 0.3) is 0 Å². The predicted molar refractivity (Wildman–Crippen MR) is 68.8 cm³/mol. The average molecular weight is 257 g/mol. The number of aromatic nitrogens is 2. The maximum atomic E-state index is 11.8. The van der Waals surface area contributed by atoms with Crippen LogP contribution in [0.15, 0.2) is 35.1 Å². The summed E-state index contributed by atoms with van der Waals surface area (Å²) in [5, 5.41) is 6.64. The summed E-state index contributed by atoms with van der Waals surface area (Å²) < 4.78 is 5.16. The molecule has 3 rings (SSSR count). The standard InChI is InChI=1S/C14H15N3O2/c18-14(12-9-13(19-17-12)11-1-2-11)16-8-5-10-3-6-15-7-4-10/h3-4,6-7,9,11H,1-2,5,8H2,(H,16,18). The molecule has 1 amide bonds. The van der Waals surface area contributed by atoms with Crippen molar-refractivity contribution in [2.24, 2.45) is 0 Å². The number of hydrogen-bond donors (Lipinski definition) is 1. The van der Waals surface area contributed by atoms with Crippen molar-refractivity contribution in [1.29, 1.82) is 0 Å². The minimum absolute atomic E-state index is 0.176. The number of pyridine rings is 1. The second-order valence-electron chi connectivity index (χ2n) is 4.75. The summed E-state index contributed by atoms with van der Waals surface area (Å²) in [4.78, 5) is 15.8. The van der Waals surface area contributed by atoms with Crippen LogP contribution in [0.4, 0.5) is 0 Å². The van der Waals surface area contributed by atoms with Gasteiger partial charge in [0.1, 0.15) is 5.76 Å². The van der Waals surface area contributed by atoms with Gasteiger partial charge in [0.25, 0.3) is 5.91 Å². The highest BCUT2D eigenvalue weighted by Gasteiger charge is 2.28. The molecule has 2 heterocycles. The van der Waals surface area contributed by atoms with E-state index in [1.165, 1.54) is 0 Å². The lowest BCUT2D eigenvalue weighted by Gasteiger charge is -2.02. The van der Waals surface area contributed by atoms with Gasteiger partial charge in [-0.3, -0.25) is 9.78 Å². The molecule has 1 saturated carbocycles. The molecule has 0 aliphatic heterocycles. The van der Waals surface area contributed by atoms with Gasteiger partial charge in [-0.05, 0) is 37.0 Å². The minimum Gasteiger partial charge on any atom is -0.360 e. The Kier molecular flexibility index (Phi) is 3.27. The number of carbonyl (C=O) groups excluding carboxylic acids is 1. The van der Waals surface area contributed by atoms with Crippen LogP contribution in [0, 0.1) is 0 Å². The first-order valence-corrected chi connectivity index (χ1v) is 6.46. The lowest BCUT2D eigenvalue weighted by atomic mass is 10.2. The fourth-order valence-corrected chi connectivity index (χ4v) is 1.92. The number of hydrogen-bond acceptors (Lipinski definition) is 4. The van der Waals surface area contributed by atoms with Crippen LogP contribution in [0.2, 0.25) is 0 Å². The zero-order chi connectivity index (χ0) is 13.1. The molecule has 1 N–H and O–H groups in total.